The van der Waals surface area contributed by atoms with Gasteiger partial charge in [-0.1, -0.05) is 0 Å². The molecule has 3 heterocycles. The molecule has 25 heavy (non-hydrogen) atoms. The van der Waals surface area contributed by atoms with Crippen LogP contribution in [0.25, 0.3) is 11.2 Å². The van der Waals surface area contributed by atoms with E-state index in [-0.39, 0.29) is 18.0 Å². The first kappa shape index (κ1) is 17.4. The third-order valence-corrected chi connectivity index (χ3v) is 4.79. The van der Waals surface area contributed by atoms with Crippen molar-refractivity contribution in [2.45, 2.75) is 37.8 Å². The van der Waals surface area contributed by atoms with Crippen LogP contribution >= 0.6 is 11.8 Å². The van der Waals surface area contributed by atoms with Gasteiger partial charge in [-0.3, -0.25) is 9.78 Å². The molecule has 0 bridgehead atoms. The number of rotatable bonds is 6. The van der Waals surface area contributed by atoms with Crippen LogP contribution in [-0.4, -0.2) is 31.2 Å². The topological polar surface area (TPSA) is 72.7 Å². The van der Waals surface area contributed by atoms with E-state index >= 15 is 0 Å². The Kier molecular flexibility index (Phi) is 5.33. The maximum absolute atomic E-state index is 12.3. The van der Waals surface area contributed by atoms with Gasteiger partial charge in [0.25, 0.3) is 0 Å². The van der Waals surface area contributed by atoms with E-state index in [1.54, 1.807) is 18.6 Å². The summed E-state index contributed by atoms with van der Waals surface area (Å²) in [5.41, 5.74) is 1.69. The van der Waals surface area contributed by atoms with Crippen molar-refractivity contribution in [3.8, 4) is 0 Å². The van der Waals surface area contributed by atoms with E-state index in [1.165, 1.54) is 11.8 Å². The summed E-state index contributed by atoms with van der Waals surface area (Å²) in [6.07, 6.45) is 5.21. The van der Waals surface area contributed by atoms with Crippen molar-refractivity contribution in [2.24, 2.45) is 0 Å². The van der Waals surface area contributed by atoms with Crippen molar-refractivity contribution in [3.63, 3.8) is 0 Å². The number of fused-ring (bicyclic) bond motifs is 1. The Morgan fingerprint density at radius 2 is 1.96 bits per heavy atom. The van der Waals surface area contributed by atoms with E-state index in [2.05, 4.69) is 38.7 Å². The van der Waals surface area contributed by atoms with E-state index in [0.29, 0.717) is 5.75 Å². The summed E-state index contributed by atoms with van der Waals surface area (Å²) in [5, 5.41) is 3.04. The highest BCUT2D eigenvalue weighted by Crippen LogP contribution is 2.23. The van der Waals surface area contributed by atoms with Crippen LogP contribution in [0, 0.1) is 0 Å². The van der Waals surface area contributed by atoms with Gasteiger partial charge in [0.1, 0.15) is 11.3 Å². The maximum atomic E-state index is 12.3. The first-order valence-corrected chi connectivity index (χ1v) is 9.20. The monoisotopic (exact) mass is 355 g/mol. The van der Waals surface area contributed by atoms with Crippen LogP contribution in [0.15, 0.2) is 47.8 Å². The molecule has 1 N–H and O–H groups in total. The minimum atomic E-state index is -0.192. The SMILES string of the molecule is CC(NC(=O)CSc1ccncc1)c1nc2cccnc2n1C(C)C. The predicted molar refractivity (Wildman–Crippen MR) is 99.4 cm³/mol. The fourth-order valence-corrected chi connectivity index (χ4v) is 3.39. The van der Waals surface area contributed by atoms with Crippen LogP contribution < -0.4 is 5.32 Å². The number of aromatic nitrogens is 4. The van der Waals surface area contributed by atoms with E-state index in [9.17, 15) is 4.79 Å². The smallest absolute Gasteiger partial charge is 0.230 e. The minimum absolute atomic E-state index is 0.0235. The molecule has 7 heteroatoms. The van der Waals surface area contributed by atoms with Crippen molar-refractivity contribution in [2.75, 3.05) is 5.75 Å². The lowest BCUT2D eigenvalue weighted by Gasteiger charge is -2.18. The van der Waals surface area contributed by atoms with Crippen molar-refractivity contribution >= 4 is 28.8 Å². The van der Waals surface area contributed by atoms with Gasteiger partial charge in [0.15, 0.2) is 5.65 Å². The summed E-state index contributed by atoms with van der Waals surface area (Å²) in [5.74, 6) is 1.16. The number of hydrogen-bond donors (Lipinski definition) is 1. The molecule has 3 aromatic heterocycles. The number of nitrogens with one attached hydrogen (secondary N) is 1. The second kappa shape index (κ2) is 7.65. The zero-order chi connectivity index (χ0) is 17.8. The Morgan fingerprint density at radius 3 is 2.68 bits per heavy atom. The van der Waals surface area contributed by atoms with Gasteiger partial charge in [-0.2, -0.15) is 0 Å². The van der Waals surface area contributed by atoms with Crippen molar-refractivity contribution in [3.05, 3.63) is 48.7 Å². The Balaban J connectivity index is 1.72. The number of nitrogens with zero attached hydrogens (tertiary/aromatic N) is 4. The minimum Gasteiger partial charge on any atom is -0.346 e. The summed E-state index contributed by atoms with van der Waals surface area (Å²) in [6.45, 7) is 6.13. The summed E-state index contributed by atoms with van der Waals surface area (Å²) in [6, 6.07) is 7.62. The second-order valence-electron chi connectivity index (χ2n) is 6.04. The van der Waals surface area contributed by atoms with Crippen LogP contribution in [-0.2, 0) is 4.79 Å². The lowest BCUT2D eigenvalue weighted by Crippen LogP contribution is -2.30. The number of carbonyl (C=O) groups excluding carboxylic acids is 1. The fraction of sp³-hybridized carbons (Fsp3) is 0.333. The first-order chi connectivity index (χ1) is 12.1. The molecule has 1 unspecified atom stereocenters. The molecule has 0 aliphatic rings. The highest BCUT2D eigenvalue weighted by atomic mass is 32.2. The molecule has 0 aliphatic heterocycles. The lowest BCUT2D eigenvalue weighted by molar-refractivity contribution is -0.119. The third-order valence-electron chi connectivity index (χ3n) is 3.78. The number of imidazole rings is 1. The molecule has 0 fully saturated rings. The Hall–Kier alpha value is -2.41. The maximum Gasteiger partial charge on any atom is 0.230 e. The lowest BCUT2D eigenvalue weighted by atomic mass is 10.3. The molecule has 6 nitrogen and oxygen atoms in total. The number of thioether (sulfide) groups is 1. The fourth-order valence-electron chi connectivity index (χ4n) is 2.69. The highest BCUT2D eigenvalue weighted by molar-refractivity contribution is 8.00. The van der Waals surface area contributed by atoms with E-state index in [0.717, 1.165) is 21.9 Å². The number of carbonyl (C=O) groups is 1. The summed E-state index contributed by atoms with van der Waals surface area (Å²) in [7, 11) is 0. The van der Waals surface area contributed by atoms with Gasteiger partial charge in [0.05, 0.1) is 11.8 Å². The molecular formula is C18H21N5OS. The van der Waals surface area contributed by atoms with Crippen LogP contribution in [0.5, 0.6) is 0 Å². The zero-order valence-corrected chi connectivity index (χ0v) is 15.3. The zero-order valence-electron chi connectivity index (χ0n) is 14.5. The molecule has 0 radical (unpaired) electrons. The molecule has 3 aromatic rings. The molecular weight excluding hydrogens is 334 g/mol. The van der Waals surface area contributed by atoms with E-state index in [1.807, 2.05) is 31.2 Å². The normalized spacial score (nSPS) is 12.5. The third kappa shape index (κ3) is 3.99. The van der Waals surface area contributed by atoms with Crippen molar-refractivity contribution < 1.29 is 4.79 Å². The van der Waals surface area contributed by atoms with Gasteiger partial charge in [-0.05, 0) is 45.0 Å². The van der Waals surface area contributed by atoms with Crippen LogP contribution in [0.4, 0.5) is 0 Å². The van der Waals surface area contributed by atoms with Gasteiger partial charge < -0.3 is 9.88 Å². The van der Waals surface area contributed by atoms with Crippen LogP contribution in [0.3, 0.4) is 0 Å². The molecule has 130 valence electrons. The molecule has 0 saturated heterocycles. The van der Waals surface area contributed by atoms with Gasteiger partial charge in [0, 0.05) is 29.5 Å². The molecule has 0 aliphatic carbocycles. The number of pyridine rings is 2. The quantitative estimate of drug-likeness (QED) is 0.686. The molecule has 1 amide bonds. The summed E-state index contributed by atoms with van der Waals surface area (Å²) < 4.78 is 2.08. The van der Waals surface area contributed by atoms with Gasteiger partial charge in [-0.25, -0.2) is 9.97 Å². The number of amides is 1. The van der Waals surface area contributed by atoms with Gasteiger partial charge in [-0.15, -0.1) is 11.8 Å². The van der Waals surface area contributed by atoms with E-state index in [4.69, 9.17) is 0 Å². The van der Waals surface area contributed by atoms with Crippen molar-refractivity contribution in [1.29, 1.82) is 0 Å². The van der Waals surface area contributed by atoms with Crippen LogP contribution in [0.1, 0.15) is 38.7 Å². The Bertz CT molecular complexity index is 862. The van der Waals surface area contributed by atoms with Gasteiger partial charge >= 0.3 is 0 Å². The summed E-state index contributed by atoms with van der Waals surface area (Å²) in [4.78, 5) is 26.4. The molecule has 1 atom stereocenters. The molecule has 0 spiro atoms. The van der Waals surface area contributed by atoms with Crippen LogP contribution in [0.2, 0.25) is 0 Å². The largest absolute Gasteiger partial charge is 0.346 e. The van der Waals surface area contributed by atoms with Gasteiger partial charge in [0.2, 0.25) is 5.91 Å². The Morgan fingerprint density at radius 1 is 1.20 bits per heavy atom. The standard InChI is InChI=1S/C18H21N5OS/c1-12(2)23-17(22-15-5-4-8-20-18(15)23)13(3)21-16(24)11-25-14-6-9-19-10-7-14/h4-10,12-13H,11H2,1-3H3,(H,21,24). The highest BCUT2D eigenvalue weighted by Gasteiger charge is 2.20. The van der Waals surface area contributed by atoms with Crippen molar-refractivity contribution in [1.82, 2.24) is 24.8 Å². The van der Waals surface area contributed by atoms with E-state index < -0.39 is 0 Å². The second-order valence-corrected chi connectivity index (χ2v) is 7.09. The summed E-state index contributed by atoms with van der Waals surface area (Å²) >= 11 is 1.49. The molecule has 0 saturated carbocycles. The molecule has 0 aromatic carbocycles. The Labute approximate surface area is 151 Å². The average Bonchev–Trinajstić information content (AvgIpc) is 3.01. The predicted octanol–water partition coefficient (Wildman–Crippen LogP) is 3.38. The number of hydrogen-bond acceptors (Lipinski definition) is 5. The first-order valence-electron chi connectivity index (χ1n) is 8.21. The average molecular weight is 355 g/mol. The molecule has 3 rings (SSSR count).